The van der Waals surface area contributed by atoms with E-state index in [9.17, 15) is 9.59 Å². The van der Waals surface area contributed by atoms with E-state index in [1.54, 1.807) is 0 Å². The summed E-state index contributed by atoms with van der Waals surface area (Å²) in [6.45, 7) is 2.00. The molecule has 2 fully saturated rings. The SMILES string of the molecule is Cc1ccc(N2C(=O)[C@@H]3[C@@H](C2=O)[C@@H]2C=C[C@@H]3C2=C(c2ccccc2)c2ccccc2)cc1. The van der Waals surface area contributed by atoms with Crippen LogP contribution in [-0.2, 0) is 9.59 Å². The Morgan fingerprint density at radius 1 is 0.656 bits per heavy atom. The van der Waals surface area contributed by atoms with Crippen molar-refractivity contribution in [2.75, 3.05) is 4.90 Å². The number of fused-ring (bicyclic) bond motifs is 5. The summed E-state index contributed by atoms with van der Waals surface area (Å²) in [5.74, 6) is -0.885. The van der Waals surface area contributed by atoms with Gasteiger partial charge in [0.1, 0.15) is 0 Å². The van der Waals surface area contributed by atoms with Crippen molar-refractivity contribution in [3.63, 3.8) is 0 Å². The van der Waals surface area contributed by atoms with Gasteiger partial charge in [0.25, 0.3) is 0 Å². The number of amides is 2. The Morgan fingerprint density at radius 3 is 1.59 bits per heavy atom. The van der Waals surface area contributed by atoms with Gasteiger partial charge in [-0.25, -0.2) is 4.90 Å². The third-order valence-electron chi connectivity index (χ3n) is 7.12. The van der Waals surface area contributed by atoms with Gasteiger partial charge in [-0.05, 0) is 41.3 Å². The summed E-state index contributed by atoms with van der Waals surface area (Å²) in [4.78, 5) is 28.5. The van der Waals surface area contributed by atoms with Crippen molar-refractivity contribution in [1.82, 2.24) is 0 Å². The molecule has 1 aliphatic heterocycles. The van der Waals surface area contributed by atoms with Crippen molar-refractivity contribution < 1.29 is 9.59 Å². The standard InChI is InChI=1S/C29H23NO2/c1-18-12-14-21(15-13-18)30-28(31)26-22-16-17-23(27(26)29(30)32)25(22)24(19-8-4-2-5-9-19)20-10-6-3-7-11-20/h2-17,22-23,26-27H,1H3/t22-,23-,26+,27+/m1/s1. The second-order valence-electron chi connectivity index (χ2n) is 8.90. The molecule has 156 valence electrons. The van der Waals surface area contributed by atoms with Gasteiger partial charge in [-0.1, -0.05) is 90.5 Å². The van der Waals surface area contributed by atoms with Gasteiger partial charge >= 0.3 is 0 Å². The van der Waals surface area contributed by atoms with Crippen LogP contribution in [0.5, 0.6) is 0 Å². The average molecular weight is 418 g/mol. The van der Waals surface area contributed by atoms with E-state index in [4.69, 9.17) is 0 Å². The molecule has 0 aromatic heterocycles. The van der Waals surface area contributed by atoms with Crippen molar-refractivity contribution in [3.05, 3.63) is 119 Å². The van der Waals surface area contributed by atoms with Crippen molar-refractivity contribution >= 4 is 23.1 Å². The van der Waals surface area contributed by atoms with Gasteiger partial charge in [0.05, 0.1) is 17.5 Å². The second kappa shape index (κ2) is 7.16. The summed E-state index contributed by atoms with van der Waals surface area (Å²) in [6.07, 6.45) is 4.30. The number of anilines is 1. The fourth-order valence-corrected chi connectivity index (χ4v) is 5.75. The van der Waals surface area contributed by atoms with Crippen LogP contribution in [0, 0.1) is 30.6 Å². The summed E-state index contributed by atoms with van der Waals surface area (Å²) in [7, 11) is 0. The number of benzene rings is 3. The summed E-state index contributed by atoms with van der Waals surface area (Å²) in [6, 6.07) is 28.3. The predicted molar refractivity (Wildman–Crippen MR) is 126 cm³/mol. The molecular formula is C29H23NO2. The maximum Gasteiger partial charge on any atom is 0.238 e. The molecule has 1 saturated heterocycles. The van der Waals surface area contributed by atoms with E-state index in [2.05, 4.69) is 36.4 Å². The van der Waals surface area contributed by atoms with E-state index in [-0.39, 0.29) is 35.5 Å². The lowest BCUT2D eigenvalue weighted by Gasteiger charge is -2.21. The zero-order valence-corrected chi connectivity index (χ0v) is 17.8. The quantitative estimate of drug-likeness (QED) is 0.422. The third kappa shape index (κ3) is 2.67. The van der Waals surface area contributed by atoms with Gasteiger partial charge in [0, 0.05) is 11.8 Å². The molecule has 0 unspecified atom stereocenters. The number of carbonyl (C=O) groups is 2. The van der Waals surface area contributed by atoms with Crippen LogP contribution in [-0.4, -0.2) is 11.8 Å². The molecule has 4 atom stereocenters. The smallest absolute Gasteiger partial charge is 0.238 e. The first-order valence-electron chi connectivity index (χ1n) is 11.1. The van der Waals surface area contributed by atoms with Crippen molar-refractivity contribution in [3.8, 4) is 0 Å². The molecule has 32 heavy (non-hydrogen) atoms. The highest BCUT2D eigenvalue weighted by Crippen LogP contribution is 2.58. The Hall–Kier alpha value is -3.72. The number of aryl methyl sites for hydroxylation is 1. The minimum absolute atomic E-state index is 0.0488. The predicted octanol–water partition coefficient (Wildman–Crippen LogP) is 5.42. The summed E-state index contributed by atoms with van der Waals surface area (Å²) in [5.41, 5.74) is 6.41. The van der Waals surface area contributed by atoms with Crippen LogP contribution in [0.2, 0.25) is 0 Å². The van der Waals surface area contributed by atoms with Gasteiger partial charge in [0.2, 0.25) is 11.8 Å². The van der Waals surface area contributed by atoms with Crippen molar-refractivity contribution in [1.29, 1.82) is 0 Å². The van der Waals surface area contributed by atoms with Gasteiger partial charge in [-0.2, -0.15) is 0 Å². The van der Waals surface area contributed by atoms with Crippen molar-refractivity contribution in [2.45, 2.75) is 6.92 Å². The van der Waals surface area contributed by atoms with E-state index in [0.717, 1.165) is 22.3 Å². The first-order chi connectivity index (χ1) is 15.6. The molecule has 1 saturated carbocycles. The highest BCUT2D eigenvalue weighted by Gasteiger charge is 2.62. The number of carbonyl (C=O) groups excluding carboxylic acids is 2. The van der Waals surface area contributed by atoms with E-state index >= 15 is 0 Å². The molecule has 2 bridgehead atoms. The lowest BCUT2D eigenvalue weighted by molar-refractivity contribution is -0.122. The van der Waals surface area contributed by atoms with Crippen LogP contribution >= 0.6 is 0 Å². The minimum atomic E-state index is -0.323. The fraction of sp³-hybridized carbons (Fsp3) is 0.172. The average Bonchev–Trinajstić information content (AvgIpc) is 3.46. The minimum Gasteiger partial charge on any atom is -0.274 e. The van der Waals surface area contributed by atoms with Crippen molar-refractivity contribution in [2.24, 2.45) is 23.7 Å². The molecule has 0 radical (unpaired) electrons. The van der Waals surface area contributed by atoms with E-state index in [1.807, 2.05) is 67.6 Å². The van der Waals surface area contributed by atoms with Gasteiger partial charge in [0.15, 0.2) is 0 Å². The molecule has 3 aromatic rings. The second-order valence-corrected chi connectivity index (χ2v) is 8.90. The first-order valence-corrected chi connectivity index (χ1v) is 11.1. The first kappa shape index (κ1) is 19.0. The maximum absolute atomic E-state index is 13.6. The molecule has 3 aliphatic rings. The van der Waals surface area contributed by atoms with Gasteiger partial charge < -0.3 is 0 Å². The van der Waals surface area contributed by atoms with Crippen LogP contribution in [0.25, 0.3) is 5.57 Å². The number of hydrogen-bond acceptors (Lipinski definition) is 2. The molecule has 2 amide bonds. The van der Waals surface area contributed by atoms with Crippen LogP contribution in [0.4, 0.5) is 5.69 Å². The number of hydrogen-bond donors (Lipinski definition) is 0. The molecule has 6 rings (SSSR count). The van der Waals surface area contributed by atoms with Gasteiger partial charge in [-0.15, -0.1) is 0 Å². The zero-order valence-electron chi connectivity index (χ0n) is 17.8. The third-order valence-corrected chi connectivity index (χ3v) is 7.12. The molecular weight excluding hydrogens is 394 g/mol. The molecule has 0 N–H and O–H groups in total. The largest absolute Gasteiger partial charge is 0.274 e. The molecule has 3 heteroatoms. The van der Waals surface area contributed by atoms with Crippen LogP contribution < -0.4 is 4.90 Å². The molecule has 3 aromatic carbocycles. The number of nitrogens with zero attached hydrogens (tertiary/aromatic N) is 1. The monoisotopic (exact) mass is 417 g/mol. The van der Waals surface area contributed by atoms with Crippen LogP contribution in [0.1, 0.15) is 16.7 Å². The Balaban J connectivity index is 1.48. The summed E-state index contributed by atoms with van der Waals surface area (Å²) in [5, 5.41) is 0. The Bertz CT molecular complexity index is 1200. The summed E-state index contributed by atoms with van der Waals surface area (Å²) >= 11 is 0. The lowest BCUT2D eigenvalue weighted by atomic mass is 9.85. The number of imide groups is 1. The number of rotatable bonds is 3. The highest BCUT2D eigenvalue weighted by molar-refractivity contribution is 6.23. The molecule has 3 nitrogen and oxygen atoms in total. The Labute approximate surface area is 187 Å². The normalized spacial score (nSPS) is 25.5. The topological polar surface area (TPSA) is 37.4 Å². The zero-order chi connectivity index (χ0) is 21.8. The molecule has 1 heterocycles. The maximum atomic E-state index is 13.6. The summed E-state index contributed by atoms with van der Waals surface area (Å²) < 4.78 is 0. The number of allylic oxidation sites excluding steroid dienone is 3. The van der Waals surface area contributed by atoms with Crippen LogP contribution in [0.3, 0.4) is 0 Å². The molecule has 2 aliphatic carbocycles. The van der Waals surface area contributed by atoms with E-state index < -0.39 is 0 Å². The van der Waals surface area contributed by atoms with E-state index in [0.29, 0.717) is 5.69 Å². The Kier molecular flexibility index (Phi) is 4.25. The molecule has 0 spiro atoms. The van der Waals surface area contributed by atoms with E-state index in [1.165, 1.54) is 10.5 Å². The van der Waals surface area contributed by atoms with Gasteiger partial charge in [-0.3, -0.25) is 9.59 Å². The lowest BCUT2D eigenvalue weighted by Crippen LogP contribution is -2.33. The highest BCUT2D eigenvalue weighted by atomic mass is 16.2. The fourth-order valence-electron chi connectivity index (χ4n) is 5.75. The van der Waals surface area contributed by atoms with Crippen LogP contribution in [0.15, 0.2) is 103 Å². The Morgan fingerprint density at radius 2 is 1.12 bits per heavy atom.